The smallest absolute Gasteiger partial charge is 0.417 e. The summed E-state index contributed by atoms with van der Waals surface area (Å²) in [7, 11) is 1.40. The number of benzene rings is 4. The van der Waals surface area contributed by atoms with Crippen molar-refractivity contribution in [3.8, 4) is 5.75 Å². The van der Waals surface area contributed by atoms with Crippen LogP contribution in [0.1, 0.15) is 53.0 Å². The van der Waals surface area contributed by atoms with Crippen molar-refractivity contribution in [3.63, 3.8) is 0 Å². The van der Waals surface area contributed by atoms with Crippen LogP contribution in [0.5, 0.6) is 5.75 Å². The zero-order valence-electron chi connectivity index (χ0n) is 24.5. The van der Waals surface area contributed by atoms with Crippen LogP contribution in [-0.4, -0.2) is 37.7 Å². The van der Waals surface area contributed by atoms with Crippen molar-refractivity contribution in [1.82, 2.24) is 4.90 Å². The van der Waals surface area contributed by atoms with E-state index >= 15 is 0 Å². The Hall–Kier alpha value is -3.81. The van der Waals surface area contributed by atoms with Crippen LogP contribution in [0.3, 0.4) is 0 Å². The topological polar surface area (TPSA) is 38.8 Å². The number of nitrogens with zero attached hydrogens (tertiary/aromatic N) is 1. The van der Waals surface area contributed by atoms with Gasteiger partial charge in [0, 0.05) is 25.6 Å². The van der Waals surface area contributed by atoms with Gasteiger partial charge in [0.25, 0.3) is 0 Å². The second-order valence-electron chi connectivity index (χ2n) is 11.2. The Labute approximate surface area is 261 Å². The summed E-state index contributed by atoms with van der Waals surface area (Å²) >= 11 is 6.33. The fourth-order valence-electron chi connectivity index (χ4n) is 5.72. The third-order valence-corrected chi connectivity index (χ3v) is 8.67. The largest absolute Gasteiger partial charge is 0.494 e. The highest BCUT2D eigenvalue weighted by Crippen LogP contribution is 2.49. The number of alkyl halides is 3. The van der Waals surface area contributed by atoms with Gasteiger partial charge in [0.1, 0.15) is 5.75 Å². The molecule has 0 N–H and O–H groups in total. The number of esters is 1. The van der Waals surface area contributed by atoms with E-state index in [0.29, 0.717) is 37.4 Å². The molecule has 0 heterocycles. The monoisotopic (exact) mass is 621 g/mol. The lowest BCUT2D eigenvalue weighted by molar-refractivity contribution is -0.143. The van der Waals surface area contributed by atoms with Gasteiger partial charge in [-0.2, -0.15) is 13.2 Å². The van der Waals surface area contributed by atoms with Gasteiger partial charge < -0.3 is 9.47 Å². The summed E-state index contributed by atoms with van der Waals surface area (Å²) in [5.74, 6) is 0.425. The summed E-state index contributed by atoms with van der Waals surface area (Å²) < 4.78 is 52.1. The van der Waals surface area contributed by atoms with Gasteiger partial charge in [0.05, 0.1) is 29.7 Å². The Balaban J connectivity index is 1.34. The van der Waals surface area contributed by atoms with Crippen LogP contribution in [0.15, 0.2) is 103 Å². The van der Waals surface area contributed by atoms with Gasteiger partial charge >= 0.3 is 12.1 Å². The SMILES string of the molecule is COC(=O)C1(c2cccc(OCCCN(Cc3cccc(C(F)(F)F)c3Cl)CC(c3ccccc3)c3ccccc3)c2)CC1. The molecule has 0 atom stereocenters. The zero-order chi connectivity index (χ0) is 31.2. The molecule has 4 aromatic carbocycles. The van der Waals surface area contributed by atoms with Crippen molar-refractivity contribution in [2.45, 2.75) is 43.3 Å². The van der Waals surface area contributed by atoms with E-state index in [9.17, 15) is 18.0 Å². The van der Waals surface area contributed by atoms with E-state index < -0.39 is 17.2 Å². The number of methoxy groups -OCH3 is 1. The number of halogens is 4. The van der Waals surface area contributed by atoms with E-state index in [1.54, 1.807) is 6.07 Å². The molecule has 230 valence electrons. The molecule has 0 aromatic heterocycles. The summed E-state index contributed by atoms with van der Waals surface area (Å²) in [4.78, 5) is 14.5. The highest BCUT2D eigenvalue weighted by Gasteiger charge is 2.52. The highest BCUT2D eigenvalue weighted by molar-refractivity contribution is 6.32. The van der Waals surface area contributed by atoms with Crippen LogP contribution in [0.4, 0.5) is 13.2 Å². The molecule has 44 heavy (non-hydrogen) atoms. The van der Waals surface area contributed by atoms with Crippen molar-refractivity contribution in [1.29, 1.82) is 0 Å². The number of hydrogen-bond acceptors (Lipinski definition) is 4. The summed E-state index contributed by atoms with van der Waals surface area (Å²) in [6, 6.07) is 31.8. The molecule has 0 radical (unpaired) electrons. The summed E-state index contributed by atoms with van der Waals surface area (Å²) in [6.45, 7) is 1.77. The Morgan fingerprint density at radius 3 is 2.14 bits per heavy atom. The molecule has 0 aliphatic heterocycles. The van der Waals surface area contributed by atoms with Crippen LogP contribution >= 0.6 is 11.6 Å². The van der Waals surface area contributed by atoms with Gasteiger partial charge in [-0.15, -0.1) is 0 Å². The average Bonchev–Trinajstić information content (AvgIpc) is 3.85. The maximum atomic E-state index is 13.7. The Bertz CT molecular complexity index is 1500. The van der Waals surface area contributed by atoms with E-state index in [0.717, 1.165) is 35.6 Å². The zero-order valence-corrected chi connectivity index (χ0v) is 25.3. The lowest BCUT2D eigenvalue weighted by Gasteiger charge is -2.29. The van der Waals surface area contributed by atoms with Crippen molar-refractivity contribution in [2.24, 2.45) is 0 Å². The van der Waals surface area contributed by atoms with E-state index in [4.69, 9.17) is 21.1 Å². The molecule has 8 heteroatoms. The maximum absolute atomic E-state index is 13.7. The molecule has 1 aliphatic rings. The molecule has 4 nitrogen and oxygen atoms in total. The fraction of sp³-hybridized carbons (Fsp3) is 0.306. The molecule has 0 amide bonds. The number of hydrogen-bond donors (Lipinski definition) is 0. The second kappa shape index (κ2) is 13.9. The van der Waals surface area contributed by atoms with E-state index in [1.807, 2.05) is 60.7 Å². The van der Waals surface area contributed by atoms with Gasteiger partial charge in [0.15, 0.2) is 0 Å². The van der Waals surface area contributed by atoms with Gasteiger partial charge in [-0.1, -0.05) is 96.5 Å². The molecule has 4 aromatic rings. The first kappa shape index (κ1) is 31.6. The lowest BCUT2D eigenvalue weighted by Crippen LogP contribution is -2.31. The summed E-state index contributed by atoms with van der Waals surface area (Å²) in [6.07, 6.45) is -2.41. The number of carbonyl (C=O) groups excluding carboxylic acids is 1. The molecule has 5 rings (SSSR count). The third kappa shape index (κ3) is 7.45. The minimum Gasteiger partial charge on any atom is -0.494 e. The van der Waals surface area contributed by atoms with Crippen molar-refractivity contribution in [3.05, 3.63) is 136 Å². The predicted octanol–water partition coefficient (Wildman–Crippen LogP) is 8.67. The molecule has 1 saturated carbocycles. The maximum Gasteiger partial charge on any atom is 0.417 e. The molecule has 0 unspecified atom stereocenters. The highest BCUT2D eigenvalue weighted by atomic mass is 35.5. The molecular formula is C36H35ClF3NO3. The van der Waals surface area contributed by atoms with Crippen LogP contribution < -0.4 is 4.74 Å². The Kier molecular flexibility index (Phi) is 9.97. The van der Waals surface area contributed by atoms with Crippen molar-refractivity contribution < 1.29 is 27.4 Å². The molecular weight excluding hydrogens is 587 g/mol. The van der Waals surface area contributed by atoms with Crippen LogP contribution in [0, 0.1) is 0 Å². The van der Waals surface area contributed by atoms with Crippen LogP contribution in [-0.2, 0) is 27.7 Å². The first-order chi connectivity index (χ1) is 21.2. The standard InChI is InChI=1S/C36H35ClF3NO3/c1-43-34(42)35(19-20-35)29-16-9-17-30(23-29)44-22-10-21-41(24-28-15-8-18-32(33(28)37)36(38,39)40)25-31(26-11-4-2-5-12-26)27-13-6-3-7-14-27/h2-9,11-18,23,31H,10,19-22,24-25H2,1H3. The minimum atomic E-state index is -4.54. The average molecular weight is 622 g/mol. The van der Waals surface area contributed by atoms with Gasteiger partial charge in [-0.05, 0) is 59.7 Å². The van der Waals surface area contributed by atoms with Gasteiger partial charge in [-0.25, -0.2) is 0 Å². The van der Waals surface area contributed by atoms with Crippen molar-refractivity contribution in [2.75, 3.05) is 26.8 Å². The lowest BCUT2D eigenvalue weighted by atomic mass is 9.90. The third-order valence-electron chi connectivity index (χ3n) is 8.22. The number of rotatable bonds is 13. The Morgan fingerprint density at radius 2 is 1.55 bits per heavy atom. The van der Waals surface area contributed by atoms with Crippen LogP contribution in [0.2, 0.25) is 5.02 Å². The molecule has 1 fully saturated rings. The first-order valence-corrected chi connectivity index (χ1v) is 15.1. The molecule has 0 bridgehead atoms. The van der Waals surface area contributed by atoms with Crippen LogP contribution in [0.25, 0.3) is 0 Å². The normalized spacial score (nSPS) is 14.1. The molecule has 1 aliphatic carbocycles. The van der Waals surface area contributed by atoms with Crippen molar-refractivity contribution >= 4 is 17.6 Å². The predicted molar refractivity (Wildman–Crippen MR) is 166 cm³/mol. The molecule has 0 spiro atoms. The Morgan fingerprint density at radius 1 is 0.909 bits per heavy atom. The fourth-order valence-corrected chi connectivity index (χ4v) is 6.01. The second-order valence-corrected chi connectivity index (χ2v) is 11.6. The quantitative estimate of drug-likeness (QED) is 0.111. The summed E-state index contributed by atoms with van der Waals surface area (Å²) in [5.41, 5.74) is 2.13. The number of carbonyl (C=O) groups is 1. The summed E-state index contributed by atoms with van der Waals surface area (Å²) in [5, 5.41) is -0.270. The molecule has 0 saturated heterocycles. The minimum absolute atomic E-state index is 0.00683. The first-order valence-electron chi connectivity index (χ1n) is 14.7. The van der Waals surface area contributed by atoms with Gasteiger partial charge in [0.2, 0.25) is 0 Å². The van der Waals surface area contributed by atoms with Gasteiger partial charge in [-0.3, -0.25) is 9.69 Å². The van der Waals surface area contributed by atoms with E-state index in [2.05, 4.69) is 29.2 Å². The van der Waals surface area contributed by atoms with E-state index in [-0.39, 0.29) is 23.5 Å². The number of ether oxygens (including phenoxy) is 2. The van der Waals surface area contributed by atoms with E-state index in [1.165, 1.54) is 13.2 Å².